The van der Waals surface area contributed by atoms with Crippen LogP contribution in [0.25, 0.3) is 10.9 Å². The van der Waals surface area contributed by atoms with Crippen LogP contribution in [0.5, 0.6) is 0 Å². The number of nitrogens with one attached hydrogen (secondary N) is 4. The summed E-state index contributed by atoms with van der Waals surface area (Å²) in [7, 11) is 0. The maximum absolute atomic E-state index is 13.2. The molecule has 0 aliphatic heterocycles. The molecule has 38 heavy (non-hydrogen) atoms. The molecule has 208 valence electrons. The number of rotatable bonds is 15. The zero-order valence-corrected chi connectivity index (χ0v) is 22.2. The third-order valence-corrected chi connectivity index (χ3v) is 6.71. The molecule has 2 aromatic rings. The molecule has 0 saturated carbocycles. The Morgan fingerprint density at radius 1 is 1.00 bits per heavy atom. The number of nitrogens with two attached hydrogens (primary N) is 1. The molecule has 0 radical (unpaired) electrons. The fourth-order valence-electron chi connectivity index (χ4n) is 3.84. The maximum Gasteiger partial charge on any atom is 0.326 e. The van der Waals surface area contributed by atoms with Gasteiger partial charge in [0.15, 0.2) is 0 Å². The van der Waals surface area contributed by atoms with Crippen molar-refractivity contribution >= 4 is 53.2 Å². The highest BCUT2D eigenvalue weighted by atomic mass is 32.1. The number of carboxylic acids is 2. The smallest absolute Gasteiger partial charge is 0.326 e. The van der Waals surface area contributed by atoms with E-state index in [4.69, 9.17) is 10.8 Å². The molecule has 5 atom stereocenters. The predicted octanol–water partition coefficient (Wildman–Crippen LogP) is 0.417. The molecule has 5 unspecified atom stereocenters. The highest BCUT2D eigenvalue weighted by Crippen LogP contribution is 2.19. The van der Waals surface area contributed by atoms with Crippen molar-refractivity contribution < 1.29 is 34.2 Å². The minimum atomic E-state index is -1.28. The molecule has 0 bridgehead atoms. The lowest BCUT2D eigenvalue weighted by molar-refractivity contribution is -0.142. The van der Waals surface area contributed by atoms with Crippen LogP contribution in [0.15, 0.2) is 30.5 Å². The normalized spacial score (nSPS) is 15.1. The van der Waals surface area contributed by atoms with Gasteiger partial charge in [0.1, 0.15) is 18.1 Å². The molecule has 0 saturated heterocycles. The van der Waals surface area contributed by atoms with E-state index in [9.17, 15) is 29.1 Å². The van der Waals surface area contributed by atoms with Crippen molar-refractivity contribution in [3.8, 4) is 0 Å². The fraction of sp³-hybridized carbons (Fsp3) is 0.480. The Bertz CT molecular complexity index is 1150. The van der Waals surface area contributed by atoms with E-state index in [0.29, 0.717) is 12.0 Å². The van der Waals surface area contributed by atoms with Crippen molar-refractivity contribution in [2.75, 3.05) is 5.75 Å². The minimum Gasteiger partial charge on any atom is -0.481 e. The number of para-hydroxylation sites is 1. The molecule has 3 amide bonds. The van der Waals surface area contributed by atoms with Gasteiger partial charge < -0.3 is 36.9 Å². The summed E-state index contributed by atoms with van der Waals surface area (Å²) in [5.74, 6) is -5.01. The van der Waals surface area contributed by atoms with Gasteiger partial charge in [-0.3, -0.25) is 19.2 Å². The van der Waals surface area contributed by atoms with Gasteiger partial charge >= 0.3 is 11.9 Å². The first-order valence-corrected chi connectivity index (χ1v) is 12.9. The van der Waals surface area contributed by atoms with Crippen LogP contribution in [0.4, 0.5) is 0 Å². The molecule has 13 heteroatoms. The van der Waals surface area contributed by atoms with E-state index in [0.717, 1.165) is 10.9 Å². The van der Waals surface area contributed by atoms with E-state index in [1.807, 2.05) is 24.3 Å². The Labute approximate surface area is 225 Å². The van der Waals surface area contributed by atoms with E-state index in [-0.39, 0.29) is 18.6 Å². The van der Waals surface area contributed by atoms with Crippen LogP contribution in [0.1, 0.15) is 38.7 Å². The zero-order chi connectivity index (χ0) is 28.4. The molecule has 0 fully saturated rings. The second kappa shape index (κ2) is 14.4. The summed E-state index contributed by atoms with van der Waals surface area (Å²) in [6.45, 7) is 3.51. The molecule has 2 rings (SSSR count). The van der Waals surface area contributed by atoms with Gasteiger partial charge in [0.05, 0.1) is 6.04 Å². The van der Waals surface area contributed by atoms with Crippen LogP contribution in [0.2, 0.25) is 0 Å². The van der Waals surface area contributed by atoms with Crippen molar-refractivity contribution in [1.82, 2.24) is 20.9 Å². The van der Waals surface area contributed by atoms with Gasteiger partial charge in [0.2, 0.25) is 17.7 Å². The molecular weight excluding hydrogens is 514 g/mol. The summed E-state index contributed by atoms with van der Waals surface area (Å²) in [6, 6.07) is 2.65. The highest BCUT2D eigenvalue weighted by Gasteiger charge is 2.33. The summed E-state index contributed by atoms with van der Waals surface area (Å²) < 4.78 is 0. The summed E-state index contributed by atoms with van der Waals surface area (Å²) in [5.41, 5.74) is 7.19. The molecule has 1 aromatic carbocycles. The average Bonchev–Trinajstić information content (AvgIpc) is 3.30. The second-order valence-corrected chi connectivity index (χ2v) is 9.48. The Balaban J connectivity index is 2.21. The Morgan fingerprint density at radius 3 is 2.26 bits per heavy atom. The number of aliphatic carboxylic acids is 2. The highest BCUT2D eigenvalue weighted by molar-refractivity contribution is 7.80. The van der Waals surface area contributed by atoms with Crippen molar-refractivity contribution in [2.24, 2.45) is 11.7 Å². The number of amides is 3. The van der Waals surface area contributed by atoms with Gasteiger partial charge in [0.25, 0.3) is 0 Å². The summed E-state index contributed by atoms with van der Waals surface area (Å²) >= 11 is 3.95. The average molecular weight is 550 g/mol. The van der Waals surface area contributed by atoms with Crippen LogP contribution >= 0.6 is 12.6 Å². The zero-order valence-electron chi connectivity index (χ0n) is 21.3. The maximum atomic E-state index is 13.2. The number of hydrogen-bond donors (Lipinski definition) is 8. The molecule has 1 heterocycles. The molecule has 8 N–H and O–H groups in total. The van der Waals surface area contributed by atoms with Crippen molar-refractivity contribution in [2.45, 2.75) is 63.7 Å². The van der Waals surface area contributed by atoms with Gasteiger partial charge in [-0.1, -0.05) is 38.5 Å². The molecule has 0 aliphatic rings. The lowest BCUT2D eigenvalue weighted by Gasteiger charge is -2.28. The van der Waals surface area contributed by atoms with Gasteiger partial charge in [-0.2, -0.15) is 12.6 Å². The summed E-state index contributed by atoms with van der Waals surface area (Å²) in [4.78, 5) is 64.7. The lowest BCUT2D eigenvalue weighted by Crippen LogP contribution is -2.59. The number of thiol groups is 1. The molecular formula is C25H35N5O7S. The van der Waals surface area contributed by atoms with Crippen LogP contribution in [0.3, 0.4) is 0 Å². The third-order valence-electron chi connectivity index (χ3n) is 6.32. The fourth-order valence-corrected chi connectivity index (χ4v) is 4.00. The number of aromatic amines is 1. The van der Waals surface area contributed by atoms with E-state index in [1.165, 1.54) is 0 Å². The number of carbonyl (C=O) groups is 5. The number of carboxylic acid groups (broad SMARTS) is 2. The van der Waals surface area contributed by atoms with Gasteiger partial charge in [-0.15, -0.1) is 0 Å². The Kier molecular flexibility index (Phi) is 11.6. The monoisotopic (exact) mass is 549 g/mol. The predicted molar refractivity (Wildman–Crippen MR) is 144 cm³/mol. The first-order valence-electron chi connectivity index (χ1n) is 12.3. The van der Waals surface area contributed by atoms with E-state index >= 15 is 0 Å². The molecule has 12 nitrogen and oxygen atoms in total. The lowest BCUT2D eigenvalue weighted by atomic mass is 9.96. The summed E-state index contributed by atoms with van der Waals surface area (Å²) in [5, 5.41) is 27.2. The summed E-state index contributed by atoms with van der Waals surface area (Å²) in [6.07, 6.45) is 1.51. The van der Waals surface area contributed by atoms with Crippen LogP contribution in [-0.4, -0.2) is 74.8 Å². The van der Waals surface area contributed by atoms with Crippen LogP contribution < -0.4 is 21.7 Å². The minimum absolute atomic E-state index is 0.00398. The van der Waals surface area contributed by atoms with Crippen LogP contribution in [-0.2, 0) is 30.4 Å². The van der Waals surface area contributed by atoms with E-state index in [2.05, 4.69) is 33.6 Å². The van der Waals surface area contributed by atoms with Crippen molar-refractivity contribution in [1.29, 1.82) is 0 Å². The Morgan fingerprint density at radius 2 is 1.66 bits per heavy atom. The van der Waals surface area contributed by atoms with Gasteiger partial charge in [-0.05, 0) is 24.0 Å². The van der Waals surface area contributed by atoms with E-state index < -0.39 is 66.2 Å². The topological polar surface area (TPSA) is 204 Å². The van der Waals surface area contributed by atoms with E-state index in [1.54, 1.807) is 20.0 Å². The van der Waals surface area contributed by atoms with Crippen molar-refractivity contribution in [3.05, 3.63) is 36.0 Å². The third kappa shape index (κ3) is 8.48. The molecule has 0 spiro atoms. The number of carbonyl (C=O) groups excluding carboxylic acids is 3. The first-order chi connectivity index (χ1) is 18.0. The van der Waals surface area contributed by atoms with Gasteiger partial charge in [-0.25, -0.2) is 4.79 Å². The SMILES string of the molecule is CCC(C)C(NC(=O)C(CCC(=O)O)NC(=O)C(N)CS)C(=O)NC(Cc1c[nH]c2ccccc12)C(=O)O. The van der Waals surface area contributed by atoms with Gasteiger partial charge in [0, 0.05) is 35.7 Å². The number of H-pyrrole nitrogens is 1. The standard InChI is InChI=1S/C25H35N5O7S/c1-3-13(2)21(30-23(34)18(8-9-20(31)32)28-22(33)16(26)12-38)24(35)29-19(25(36)37)10-14-11-27-17-7-5-4-6-15(14)17/h4-7,11,13,16,18-19,21,27,38H,3,8-10,12,26H2,1-2H3,(H,28,33)(H,29,35)(H,30,34)(H,31,32)(H,36,37). The van der Waals surface area contributed by atoms with Crippen molar-refractivity contribution in [3.63, 3.8) is 0 Å². The first kappa shape index (κ1) is 30.6. The number of fused-ring (bicyclic) bond motifs is 1. The quantitative estimate of drug-likeness (QED) is 0.146. The second-order valence-electron chi connectivity index (χ2n) is 9.12. The number of aromatic nitrogens is 1. The van der Waals surface area contributed by atoms with Crippen LogP contribution in [0, 0.1) is 5.92 Å². The molecule has 1 aromatic heterocycles. The number of hydrogen-bond acceptors (Lipinski definition) is 7. The molecule has 0 aliphatic carbocycles. The Hall–Kier alpha value is -3.58. The number of benzene rings is 1. The largest absolute Gasteiger partial charge is 0.481 e.